The number of rotatable bonds is 9. The van der Waals surface area contributed by atoms with E-state index in [4.69, 9.17) is 13.9 Å². The quantitative estimate of drug-likeness (QED) is 0.504. The Labute approximate surface area is 185 Å². The fraction of sp³-hybridized carbons (Fsp3) is 0.409. The number of hydrogen-bond acceptors (Lipinski definition) is 8. The SMILES string of the molecule is COCCN(Cc1nnc(-c2cccs2)o1)[C@@H](C(=O)N1CCOCC1)c1ccccc1. The minimum Gasteiger partial charge on any atom is -0.419 e. The largest absolute Gasteiger partial charge is 0.419 e. The summed E-state index contributed by atoms with van der Waals surface area (Å²) >= 11 is 1.55. The molecule has 9 heteroatoms. The van der Waals surface area contributed by atoms with Gasteiger partial charge in [-0.05, 0) is 17.0 Å². The zero-order valence-corrected chi connectivity index (χ0v) is 18.3. The highest BCUT2D eigenvalue weighted by molar-refractivity contribution is 7.13. The van der Waals surface area contributed by atoms with E-state index in [1.54, 1.807) is 18.4 Å². The summed E-state index contributed by atoms with van der Waals surface area (Å²) in [4.78, 5) is 18.4. The Bertz CT molecular complexity index is 942. The number of nitrogens with zero attached hydrogens (tertiary/aromatic N) is 4. The molecule has 164 valence electrons. The number of aromatic nitrogens is 2. The van der Waals surface area contributed by atoms with Gasteiger partial charge in [-0.3, -0.25) is 9.69 Å². The van der Waals surface area contributed by atoms with Crippen LogP contribution in [0.2, 0.25) is 0 Å². The summed E-state index contributed by atoms with van der Waals surface area (Å²) in [7, 11) is 1.65. The Morgan fingerprint density at radius 1 is 1.19 bits per heavy atom. The number of carbonyl (C=O) groups excluding carboxylic acids is 1. The lowest BCUT2D eigenvalue weighted by Gasteiger charge is -2.35. The number of morpholine rings is 1. The van der Waals surface area contributed by atoms with Crippen molar-refractivity contribution in [1.29, 1.82) is 0 Å². The van der Waals surface area contributed by atoms with Crippen LogP contribution in [0.1, 0.15) is 17.5 Å². The van der Waals surface area contributed by atoms with E-state index in [1.807, 2.05) is 57.6 Å². The first-order chi connectivity index (χ1) is 15.3. The smallest absolute Gasteiger partial charge is 0.257 e. The van der Waals surface area contributed by atoms with Crippen LogP contribution in [0.15, 0.2) is 52.3 Å². The van der Waals surface area contributed by atoms with E-state index in [9.17, 15) is 4.79 Å². The van der Waals surface area contributed by atoms with Gasteiger partial charge in [-0.15, -0.1) is 21.5 Å². The Morgan fingerprint density at radius 2 is 2.00 bits per heavy atom. The molecule has 0 unspecified atom stereocenters. The maximum absolute atomic E-state index is 13.6. The van der Waals surface area contributed by atoms with Gasteiger partial charge in [0.1, 0.15) is 6.04 Å². The van der Waals surface area contributed by atoms with E-state index in [2.05, 4.69) is 10.2 Å². The first-order valence-corrected chi connectivity index (χ1v) is 11.1. The highest BCUT2D eigenvalue weighted by atomic mass is 32.1. The molecule has 1 saturated heterocycles. The van der Waals surface area contributed by atoms with E-state index < -0.39 is 6.04 Å². The third-order valence-electron chi connectivity index (χ3n) is 5.16. The second kappa shape index (κ2) is 10.6. The summed E-state index contributed by atoms with van der Waals surface area (Å²) < 4.78 is 16.7. The van der Waals surface area contributed by atoms with Crippen LogP contribution < -0.4 is 0 Å². The van der Waals surface area contributed by atoms with Gasteiger partial charge in [0.25, 0.3) is 5.89 Å². The number of carbonyl (C=O) groups is 1. The molecule has 1 atom stereocenters. The van der Waals surface area contributed by atoms with Crippen LogP contribution >= 0.6 is 11.3 Å². The van der Waals surface area contributed by atoms with E-state index in [1.165, 1.54) is 0 Å². The number of ether oxygens (including phenoxy) is 2. The van der Waals surface area contributed by atoms with Crippen LogP contribution in [0.4, 0.5) is 0 Å². The third-order valence-corrected chi connectivity index (χ3v) is 6.01. The van der Waals surface area contributed by atoms with Crippen molar-refractivity contribution in [2.45, 2.75) is 12.6 Å². The second-order valence-electron chi connectivity index (χ2n) is 7.19. The number of amides is 1. The summed E-state index contributed by atoms with van der Waals surface area (Å²) in [5, 5.41) is 10.4. The van der Waals surface area contributed by atoms with E-state index in [-0.39, 0.29) is 5.91 Å². The Balaban J connectivity index is 1.61. The van der Waals surface area contributed by atoms with Crippen molar-refractivity contribution < 1.29 is 18.7 Å². The topological polar surface area (TPSA) is 80.9 Å². The van der Waals surface area contributed by atoms with Gasteiger partial charge < -0.3 is 18.8 Å². The van der Waals surface area contributed by atoms with Crippen LogP contribution in [0.25, 0.3) is 10.8 Å². The molecule has 0 spiro atoms. The number of thiophene rings is 1. The predicted octanol–water partition coefficient (Wildman–Crippen LogP) is 2.85. The minimum atomic E-state index is -0.480. The minimum absolute atomic E-state index is 0.0450. The van der Waals surface area contributed by atoms with Gasteiger partial charge in [0.2, 0.25) is 11.8 Å². The zero-order chi connectivity index (χ0) is 21.5. The Kier molecular flexibility index (Phi) is 7.42. The molecular weight excluding hydrogens is 416 g/mol. The molecule has 0 bridgehead atoms. The van der Waals surface area contributed by atoms with Crippen LogP contribution in [0, 0.1) is 0 Å². The van der Waals surface area contributed by atoms with Crippen LogP contribution in [-0.2, 0) is 20.8 Å². The maximum Gasteiger partial charge on any atom is 0.257 e. The van der Waals surface area contributed by atoms with Gasteiger partial charge in [-0.25, -0.2) is 0 Å². The third kappa shape index (κ3) is 5.37. The zero-order valence-electron chi connectivity index (χ0n) is 17.5. The second-order valence-corrected chi connectivity index (χ2v) is 8.14. The van der Waals surface area contributed by atoms with Crippen molar-refractivity contribution >= 4 is 17.2 Å². The first kappa shape index (κ1) is 21.6. The molecule has 1 aliphatic heterocycles. The standard InChI is InChI=1S/C22H26N4O4S/c1-28-12-9-26(16-19-23-24-21(30-19)18-8-5-15-31-18)20(17-6-3-2-4-7-17)22(27)25-10-13-29-14-11-25/h2-8,15,20H,9-14,16H2,1H3/t20-/m1/s1. The lowest BCUT2D eigenvalue weighted by molar-refractivity contribution is -0.142. The molecule has 1 aliphatic rings. The number of hydrogen-bond donors (Lipinski definition) is 0. The van der Waals surface area contributed by atoms with E-state index in [0.29, 0.717) is 57.8 Å². The van der Waals surface area contributed by atoms with Gasteiger partial charge in [0.15, 0.2) is 0 Å². The van der Waals surface area contributed by atoms with Crippen LogP contribution in [0.5, 0.6) is 0 Å². The van der Waals surface area contributed by atoms with Crippen molar-refractivity contribution in [3.63, 3.8) is 0 Å². The van der Waals surface area contributed by atoms with E-state index in [0.717, 1.165) is 10.4 Å². The van der Waals surface area contributed by atoms with Crippen LogP contribution in [-0.4, -0.2) is 72.5 Å². The van der Waals surface area contributed by atoms with Gasteiger partial charge in [-0.2, -0.15) is 0 Å². The molecule has 8 nitrogen and oxygen atoms in total. The van der Waals surface area contributed by atoms with Gasteiger partial charge >= 0.3 is 0 Å². The summed E-state index contributed by atoms with van der Waals surface area (Å²) in [6, 6.07) is 13.2. The summed E-state index contributed by atoms with van der Waals surface area (Å²) in [5.74, 6) is 1.01. The molecule has 1 aromatic carbocycles. The fourth-order valence-corrected chi connectivity index (χ4v) is 4.24. The number of benzene rings is 1. The van der Waals surface area contributed by atoms with Crippen molar-refractivity contribution in [3.8, 4) is 10.8 Å². The Hall–Kier alpha value is -2.59. The highest BCUT2D eigenvalue weighted by Crippen LogP contribution is 2.27. The molecule has 31 heavy (non-hydrogen) atoms. The normalized spacial score (nSPS) is 15.4. The molecule has 4 rings (SSSR count). The molecule has 0 radical (unpaired) electrons. The molecule has 2 aromatic heterocycles. The van der Waals surface area contributed by atoms with Crippen molar-refractivity contribution in [3.05, 3.63) is 59.3 Å². The maximum atomic E-state index is 13.6. The highest BCUT2D eigenvalue weighted by Gasteiger charge is 2.33. The van der Waals surface area contributed by atoms with Crippen molar-refractivity contribution in [2.24, 2.45) is 0 Å². The molecule has 3 heterocycles. The molecule has 1 amide bonds. The number of methoxy groups -OCH3 is 1. The fourth-order valence-electron chi connectivity index (χ4n) is 3.60. The lowest BCUT2D eigenvalue weighted by Crippen LogP contribution is -2.48. The molecule has 0 saturated carbocycles. The molecule has 0 N–H and O–H groups in total. The molecule has 1 fully saturated rings. The average molecular weight is 443 g/mol. The molecule has 0 aliphatic carbocycles. The summed E-state index contributed by atoms with van der Waals surface area (Å²) in [6.45, 7) is 3.65. The lowest BCUT2D eigenvalue weighted by atomic mass is 10.0. The first-order valence-electron chi connectivity index (χ1n) is 10.3. The van der Waals surface area contributed by atoms with Gasteiger partial charge in [0.05, 0.1) is 31.2 Å². The Morgan fingerprint density at radius 3 is 2.71 bits per heavy atom. The summed E-state index contributed by atoms with van der Waals surface area (Å²) in [5.41, 5.74) is 0.924. The monoisotopic (exact) mass is 442 g/mol. The molecule has 3 aromatic rings. The summed E-state index contributed by atoms with van der Waals surface area (Å²) in [6.07, 6.45) is 0. The van der Waals surface area contributed by atoms with Gasteiger partial charge in [-0.1, -0.05) is 36.4 Å². The predicted molar refractivity (Wildman–Crippen MR) is 116 cm³/mol. The van der Waals surface area contributed by atoms with E-state index >= 15 is 0 Å². The van der Waals surface area contributed by atoms with Gasteiger partial charge in [0, 0.05) is 26.7 Å². The van der Waals surface area contributed by atoms with Crippen molar-refractivity contribution in [2.75, 3.05) is 46.6 Å². The average Bonchev–Trinajstić information content (AvgIpc) is 3.51. The molecular formula is C22H26N4O4S. The van der Waals surface area contributed by atoms with Crippen LogP contribution in [0.3, 0.4) is 0 Å². The van der Waals surface area contributed by atoms with Crippen molar-refractivity contribution in [1.82, 2.24) is 20.0 Å².